The molecule has 0 saturated carbocycles. The Bertz CT molecular complexity index is 555. The van der Waals surface area contributed by atoms with Crippen molar-refractivity contribution in [2.45, 2.75) is 13.0 Å². The Morgan fingerprint density at radius 3 is 2.71 bits per heavy atom. The van der Waals surface area contributed by atoms with Crippen LogP contribution in [0.3, 0.4) is 0 Å². The van der Waals surface area contributed by atoms with Gasteiger partial charge < -0.3 is 14.8 Å². The van der Waals surface area contributed by atoms with Crippen LogP contribution in [-0.2, 0) is 14.8 Å². The van der Waals surface area contributed by atoms with Gasteiger partial charge in [-0.3, -0.25) is 4.55 Å². The number of hydrogen-bond acceptors (Lipinski definition) is 5. The van der Waals surface area contributed by atoms with Crippen LogP contribution in [-0.4, -0.2) is 36.0 Å². The second-order valence-electron chi connectivity index (χ2n) is 3.99. The van der Waals surface area contributed by atoms with Crippen molar-refractivity contribution < 1.29 is 27.8 Å². The van der Waals surface area contributed by atoms with E-state index in [0.717, 1.165) is 0 Å². The Hall–Kier alpha value is -1.09. The molecular weight excluding hydrogens is 247 g/mol. The zero-order valence-corrected chi connectivity index (χ0v) is 9.81. The van der Waals surface area contributed by atoms with Crippen LogP contribution >= 0.6 is 0 Å². The lowest BCUT2D eigenvalue weighted by atomic mass is 9.78. The minimum Gasteiger partial charge on any atom is -0.508 e. The number of aryl methyl sites for hydroxylation is 1. The van der Waals surface area contributed by atoms with Crippen molar-refractivity contribution in [2.75, 3.05) is 5.75 Å². The summed E-state index contributed by atoms with van der Waals surface area (Å²) in [4.78, 5) is 0. The average Bonchev–Trinajstić information content (AvgIpc) is 2.39. The van der Waals surface area contributed by atoms with E-state index in [-0.39, 0.29) is 5.75 Å². The lowest BCUT2D eigenvalue weighted by Crippen LogP contribution is -2.28. The molecule has 17 heavy (non-hydrogen) atoms. The van der Waals surface area contributed by atoms with E-state index in [1.807, 2.05) is 0 Å². The highest BCUT2D eigenvalue weighted by Crippen LogP contribution is 2.29. The minimum absolute atomic E-state index is 0.0311. The summed E-state index contributed by atoms with van der Waals surface area (Å²) in [6.07, 6.45) is -0.921. The molecule has 1 heterocycles. The Balaban J connectivity index is 2.47. The molecule has 0 saturated heterocycles. The lowest BCUT2D eigenvalue weighted by molar-refractivity contribution is 0.208. The first-order valence-corrected chi connectivity index (χ1v) is 6.51. The number of rotatable bonds is 2. The largest absolute Gasteiger partial charge is 0.508 e. The Kier molecular flexibility index (Phi) is 2.90. The first kappa shape index (κ1) is 12.4. The highest BCUT2D eigenvalue weighted by atomic mass is 32.2. The second kappa shape index (κ2) is 3.99. The van der Waals surface area contributed by atoms with E-state index in [4.69, 9.17) is 9.21 Å². The van der Waals surface area contributed by atoms with Gasteiger partial charge in [-0.05, 0) is 35.6 Å². The molecule has 0 spiro atoms. The molecular formula is C9H11BO6S. The van der Waals surface area contributed by atoms with E-state index >= 15 is 0 Å². The zero-order chi connectivity index (χ0) is 12.8. The highest BCUT2D eigenvalue weighted by molar-refractivity contribution is 7.85. The number of hydrogen-bond donors (Lipinski definition) is 3. The van der Waals surface area contributed by atoms with Crippen molar-refractivity contribution in [1.29, 1.82) is 0 Å². The van der Waals surface area contributed by atoms with Crippen molar-refractivity contribution in [3.63, 3.8) is 0 Å². The van der Waals surface area contributed by atoms with Crippen LogP contribution in [0.4, 0.5) is 0 Å². The molecule has 1 aromatic carbocycles. The number of aromatic hydroxyl groups is 1. The third-order valence-corrected chi connectivity index (χ3v) is 3.37. The molecule has 1 aliphatic heterocycles. The minimum atomic E-state index is -4.20. The first-order valence-electron chi connectivity index (χ1n) is 4.90. The standard InChI is InChI=1S/C9H11BO6S/c1-5-2-6(11)3-7-9(5)8(16-10(7)12)4-17(13,14)15/h2-3,8,11-12H,4H2,1H3,(H,13,14,15). The monoisotopic (exact) mass is 258 g/mol. The summed E-state index contributed by atoms with van der Waals surface area (Å²) in [6, 6.07) is 2.76. The van der Waals surface area contributed by atoms with Gasteiger partial charge >= 0.3 is 7.12 Å². The molecule has 1 atom stereocenters. The third-order valence-electron chi connectivity index (χ3n) is 2.65. The SMILES string of the molecule is Cc1cc(O)cc2c1C(CS(=O)(=O)O)OB2O. The van der Waals surface area contributed by atoms with Crippen LogP contribution in [0, 0.1) is 6.92 Å². The average molecular weight is 258 g/mol. The van der Waals surface area contributed by atoms with Crippen molar-refractivity contribution in [1.82, 2.24) is 0 Å². The molecule has 92 valence electrons. The summed E-state index contributed by atoms with van der Waals surface area (Å²) >= 11 is 0. The maximum absolute atomic E-state index is 10.8. The number of fused-ring (bicyclic) bond motifs is 1. The van der Waals surface area contributed by atoms with Gasteiger partial charge in [-0.2, -0.15) is 8.42 Å². The van der Waals surface area contributed by atoms with E-state index in [0.29, 0.717) is 16.6 Å². The molecule has 1 aliphatic rings. The highest BCUT2D eigenvalue weighted by Gasteiger charge is 2.38. The van der Waals surface area contributed by atoms with Gasteiger partial charge in [0.1, 0.15) is 11.5 Å². The van der Waals surface area contributed by atoms with Gasteiger partial charge in [-0.1, -0.05) is 0 Å². The maximum atomic E-state index is 10.8. The topological polar surface area (TPSA) is 104 Å². The summed E-state index contributed by atoms with van der Waals surface area (Å²) in [5.74, 6) is -0.653. The fraction of sp³-hybridized carbons (Fsp3) is 0.333. The molecule has 1 unspecified atom stereocenters. The Morgan fingerprint density at radius 1 is 1.47 bits per heavy atom. The molecule has 2 rings (SSSR count). The molecule has 0 fully saturated rings. The molecule has 0 radical (unpaired) electrons. The normalized spacial score (nSPS) is 19.5. The molecule has 0 aliphatic carbocycles. The summed E-state index contributed by atoms with van der Waals surface area (Å²) in [7, 11) is -5.49. The zero-order valence-electron chi connectivity index (χ0n) is 8.99. The van der Waals surface area contributed by atoms with Gasteiger partial charge in [-0.15, -0.1) is 0 Å². The molecule has 3 N–H and O–H groups in total. The fourth-order valence-electron chi connectivity index (χ4n) is 2.06. The van der Waals surface area contributed by atoms with E-state index in [1.54, 1.807) is 6.92 Å². The van der Waals surface area contributed by atoms with Crippen LogP contribution in [0.25, 0.3) is 0 Å². The molecule has 0 amide bonds. The van der Waals surface area contributed by atoms with Crippen LogP contribution < -0.4 is 5.46 Å². The molecule has 1 aromatic rings. The number of benzene rings is 1. The van der Waals surface area contributed by atoms with Crippen molar-refractivity contribution >= 4 is 22.7 Å². The van der Waals surface area contributed by atoms with Gasteiger partial charge in [0, 0.05) is 0 Å². The summed E-state index contributed by atoms with van der Waals surface area (Å²) in [5, 5.41) is 19.0. The summed E-state index contributed by atoms with van der Waals surface area (Å²) in [6.45, 7) is 1.66. The van der Waals surface area contributed by atoms with Crippen LogP contribution in [0.2, 0.25) is 0 Å². The summed E-state index contributed by atoms with van der Waals surface area (Å²) in [5.41, 5.74) is 1.43. The van der Waals surface area contributed by atoms with Gasteiger partial charge in [0.15, 0.2) is 0 Å². The van der Waals surface area contributed by atoms with Gasteiger partial charge in [0.05, 0.1) is 6.10 Å². The first-order chi connectivity index (χ1) is 7.78. The van der Waals surface area contributed by atoms with Crippen molar-refractivity contribution in [2.24, 2.45) is 0 Å². The van der Waals surface area contributed by atoms with E-state index in [1.165, 1.54) is 12.1 Å². The molecule has 0 bridgehead atoms. The Labute approximate surface area is 98.7 Å². The smallest absolute Gasteiger partial charge is 0.492 e. The number of phenols is 1. The maximum Gasteiger partial charge on any atom is 0.492 e. The van der Waals surface area contributed by atoms with Crippen LogP contribution in [0.15, 0.2) is 12.1 Å². The molecule has 6 nitrogen and oxygen atoms in total. The van der Waals surface area contributed by atoms with Crippen LogP contribution in [0.1, 0.15) is 17.2 Å². The van der Waals surface area contributed by atoms with Crippen molar-refractivity contribution in [3.05, 3.63) is 23.3 Å². The Morgan fingerprint density at radius 2 is 2.12 bits per heavy atom. The third kappa shape index (κ3) is 2.44. The predicted octanol–water partition coefficient (Wildman–Crippen LogP) is -0.653. The number of phenolic OH excluding ortho intramolecular Hbond substituents is 1. The van der Waals surface area contributed by atoms with E-state index in [2.05, 4.69) is 0 Å². The molecule has 8 heteroatoms. The fourth-order valence-corrected chi connectivity index (χ4v) is 2.69. The quantitative estimate of drug-likeness (QED) is 0.481. The molecule has 0 aromatic heterocycles. The predicted molar refractivity (Wildman–Crippen MR) is 60.7 cm³/mol. The van der Waals surface area contributed by atoms with Crippen LogP contribution in [0.5, 0.6) is 5.75 Å². The van der Waals surface area contributed by atoms with Gasteiger partial charge in [-0.25, -0.2) is 0 Å². The lowest BCUT2D eigenvalue weighted by Gasteiger charge is -2.12. The van der Waals surface area contributed by atoms with Crippen molar-refractivity contribution in [3.8, 4) is 5.75 Å². The van der Waals surface area contributed by atoms with E-state index < -0.39 is 29.1 Å². The van der Waals surface area contributed by atoms with Gasteiger partial charge in [0.25, 0.3) is 10.1 Å². The van der Waals surface area contributed by atoms with E-state index in [9.17, 15) is 18.5 Å². The second-order valence-corrected chi connectivity index (χ2v) is 5.49. The summed E-state index contributed by atoms with van der Waals surface area (Å²) < 4.78 is 35.5. The van der Waals surface area contributed by atoms with Gasteiger partial charge in [0.2, 0.25) is 0 Å².